The zero-order valence-electron chi connectivity index (χ0n) is 15.0. The van der Waals surface area contributed by atoms with Crippen molar-refractivity contribution in [3.63, 3.8) is 0 Å². The fourth-order valence-corrected chi connectivity index (χ4v) is 3.41. The summed E-state index contributed by atoms with van der Waals surface area (Å²) in [5.41, 5.74) is 0.729. The Morgan fingerprint density at radius 3 is 2.85 bits per heavy atom. The molecule has 27 heavy (non-hydrogen) atoms. The minimum absolute atomic E-state index is 0.00116. The molecule has 0 bridgehead atoms. The SMILES string of the molecule is O=C(CCc1ncc(-c2ccc(Cl)cc2Cl)o1)NCCCN1CCOCC1. The molecule has 0 atom stereocenters. The smallest absolute Gasteiger partial charge is 0.220 e. The lowest BCUT2D eigenvalue weighted by Gasteiger charge is -2.26. The molecule has 1 aliphatic heterocycles. The van der Waals surface area contributed by atoms with Crippen molar-refractivity contribution in [2.24, 2.45) is 0 Å². The van der Waals surface area contributed by atoms with Crippen molar-refractivity contribution in [3.8, 4) is 11.3 Å². The zero-order valence-corrected chi connectivity index (χ0v) is 16.6. The number of hydrogen-bond donors (Lipinski definition) is 1. The molecule has 1 fully saturated rings. The molecule has 0 aliphatic carbocycles. The molecule has 0 spiro atoms. The highest BCUT2D eigenvalue weighted by Crippen LogP contribution is 2.30. The fourth-order valence-electron chi connectivity index (χ4n) is 2.90. The van der Waals surface area contributed by atoms with E-state index in [0.717, 1.165) is 44.8 Å². The fraction of sp³-hybridized carbons (Fsp3) is 0.474. The van der Waals surface area contributed by atoms with Gasteiger partial charge in [-0.2, -0.15) is 0 Å². The van der Waals surface area contributed by atoms with Crippen molar-refractivity contribution in [2.45, 2.75) is 19.3 Å². The number of carbonyl (C=O) groups excluding carboxylic acids is 1. The van der Waals surface area contributed by atoms with E-state index in [1.165, 1.54) is 0 Å². The number of rotatable bonds is 8. The Labute approximate surface area is 168 Å². The molecule has 2 heterocycles. The van der Waals surface area contributed by atoms with E-state index in [9.17, 15) is 4.79 Å². The largest absolute Gasteiger partial charge is 0.441 e. The van der Waals surface area contributed by atoms with Crippen molar-refractivity contribution in [3.05, 3.63) is 40.3 Å². The van der Waals surface area contributed by atoms with Gasteiger partial charge in [0.05, 0.1) is 24.4 Å². The summed E-state index contributed by atoms with van der Waals surface area (Å²) >= 11 is 12.1. The van der Waals surface area contributed by atoms with E-state index in [0.29, 0.717) is 41.1 Å². The highest BCUT2D eigenvalue weighted by atomic mass is 35.5. The van der Waals surface area contributed by atoms with Gasteiger partial charge in [0.2, 0.25) is 5.91 Å². The number of nitrogens with one attached hydrogen (secondary N) is 1. The topological polar surface area (TPSA) is 67.6 Å². The Hall–Kier alpha value is -1.60. The van der Waals surface area contributed by atoms with Crippen LogP contribution >= 0.6 is 23.2 Å². The van der Waals surface area contributed by atoms with Crippen LogP contribution in [0.25, 0.3) is 11.3 Å². The van der Waals surface area contributed by atoms with Gasteiger partial charge in [-0.3, -0.25) is 9.69 Å². The van der Waals surface area contributed by atoms with E-state index >= 15 is 0 Å². The second kappa shape index (κ2) is 10.1. The van der Waals surface area contributed by atoms with Gasteiger partial charge in [0, 0.05) is 43.1 Å². The lowest BCUT2D eigenvalue weighted by molar-refractivity contribution is -0.121. The maximum absolute atomic E-state index is 12.0. The quantitative estimate of drug-likeness (QED) is 0.673. The molecule has 146 valence electrons. The standard InChI is InChI=1S/C19H23Cl2N3O3/c20-14-2-3-15(16(21)12-14)17-13-23-19(27-17)5-4-18(25)22-6-1-7-24-8-10-26-11-9-24/h2-3,12-13H,1,4-11H2,(H,22,25). The molecule has 1 aromatic carbocycles. The summed E-state index contributed by atoms with van der Waals surface area (Å²) in [5, 5.41) is 4.01. The van der Waals surface area contributed by atoms with E-state index < -0.39 is 0 Å². The molecule has 8 heteroatoms. The number of aryl methyl sites for hydroxylation is 1. The number of halogens is 2. The predicted molar refractivity (Wildman–Crippen MR) is 105 cm³/mol. The molecule has 0 saturated carbocycles. The predicted octanol–water partition coefficient (Wildman–Crippen LogP) is 3.42. The Kier molecular flexibility index (Phi) is 7.52. The van der Waals surface area contributed by atoms with Crippen molar-refractivity contribution in [1.29, 1.82) is 0 Å². The minimum atomic E-state index is 0.00116. The number of carbonyl (C=O) groups is 1. The Bertz CT molecular complexity index is 760. The van der Waals surface area contributed by atoms with E-state index in [-0.39, 0.29) is 5.91 Å². The third-order valence-corrected chi connectivity index (χ3v) is 4.94. The summed E-state index contributed by atoms with van der Waals surface area (Å²) in [4.78, 5) is 18.6. The van der Waals surface area contributed by atoms with Crippen LogP contribution in [0.15, 0.2) is 28.8 Å². The van der Waals surface area contributed by atoms with Gasteiger partial charge < -0.3 is 14.5 Å². The first-order valence-electron chi connectivity index (χ1n) is 9.09. The number of oxazole rings is 1. The lowest BCUT2D eigenvalue weighted by atomic mass is 10.2. The first-order valence-corrected chi connectivity index (χ1v) is 9.84. The third kappa shape index (κ3) is 6.21. The highest BCUT2D eigenvalue weighted by Gasteiger charge is 2.12. The molecule has 2 aromatic rings. The van der Waals surface area contributed by atoms with E-state index in [1.54, 1.807) is 24.4 Å². The maximum atomic E-state index is 12.0. The molecular weight excluding hydrogens is 389 g/mol. The second-order valence-corrected chi connectivity index (χ2v) is 7.24. The molecule has 0 unspecified atom stereocenters. The van der Waals surface area contributed by atoms with Crippen LogP contribution in [-0.2, 0) is 16.0 Å². The zero-order chi connectivity index (χ0) is 19.1. The van der Waals surface area contributed by atoms with Gasteiger partial charge in [-0.15, -0.1) is 0 Å². The summed E-state index contributed by atoms with van der Waals surface area (Å²) in [6.45, 7) is 5.19. The van der Waals surface area contributed by atoms with Crippen LogP contribution in [0, 0.1) is 0 Å². The molecule has 1 N–H and O–H groups in total. The van der Waals surface area contributed by atoms with Crippen LogP contribution in [0.5, 0.6) is 0 Å². The summed E-state index contributed by atoms with van der Waals surface area (Å²) in [6.07, 6.45) is 3.33. The highest BCUT2D eigenvalue weighted by molar-refractivity contribution is 6.36. The molecule has 6 nitrogen and oxygen atoms in total. The average Bonchev–Trinajstić information content (AvgIpc) is 3.13. The van der Waals surface area contributed by atoms with Gasteiger partial charge in [0.15, 0.2) is 11.7 Å². The minimum Gasteiger partial charge on any atom is -0.441 e. The summed E-state index contributed by atoms with van der Waals surface area (Å²) in [5.74, 6) is 1.08. The van der Waals surface area contributed by atoms with Gasteiger partial charge in [-0.1, -0.05) is 23.2 Å². The Morgan fingerprint density at radius 2 is 2.07 bits per heavy atom. The summed E-state index contributed by atoms with van der Waals surface area (Å²) in [7, 11) is 0. The van der Waals surface area contributed by atoms with Crippen LogP contribution in [0.3, 0.4) is 0 Å². The molecule has 1 aromatic heterocycles. The average molecular weight is 412 g/mol. The number of amides is 1. The van der Waals surface area contributed by atoms with E-state index in [4.69, 9.17) is 32.4 Å². The number of nitrogens with zero attached hydrogens (tertiary/aromatic N) is 2. The van der Waals surface area contributed by atoms with Crippen LogP contribution in [0.4, 0.5) is 0 Å². The Balaban J connectivity index is 1.38. The number of aromatic nitrogens is 1. The number of benzene rings is 1. The lowest BCUT2D eigenvalue weighted by Crippen LogP contribution is -2.38. The van der Waals surface area contributed by atoms with Crippen molar-refractivity contribution < 1.29 is 13.9 Å². The normalized spacial score (nSPS) is 15.0. The van der Waals surface area contributed by atoms with Gasteiger partial charge in [-0.05, 0) is 31.2 Å². The summed E-state index contributed by atoms with van der Waals surface area (Å²) in [6, 6.07) is 5.19. The van der Waals surface area contributed by atoms with Crippen molar-refractivity contribution >= 4 is 29.1 Å². The first kappa shape index (κ1) is 20.1. The number of hydrogen-bond acceptors (Lipinski definition) is 5. The number of morpholine rings is 1. The van der Waals surface area contributed by atoms with E-state index in [2.05, 4.69) is 15.2 Å². The van der Waals surface area contributed by atoms with Crippen LogP contribution in [0.1, 0.15) is 18.7 Å². The third-order valence-electron chi connectivity index (χ3n) is 4.39. The molecule has 3 rings (SSSR count). The molecular formula is C19H23Cl2N3O3. The number of ether oxygens (including phenoxy) is 1. The van der Waals surface area contributed by atoms with Crippen LogP contribution < -0.4 is 5.32 Å². The van der Waals surface area contributed by atoms with Crippen molar-refractivity contribution in [2.75, 3.05) is 39.4 Å². The van der Waals surface area contributed by atoms with Crippen LogP contribution in [0.2, 0.25) is 10.0 Å². The van der Waals surface area contributed by atoms with Gasteiger partial charge >= 0.3 is 0 Å². The van der Waals surface area contributed by atoms with Gasteiger partial charge in [0.25, 0.3) is 0 Å². The molecule has 1 aliphatic rings. The first-order chi connectivity index (χ1) is 13.1. The monoisotopic (exact) mass is 411 g/mol. The van der Waals surface area contributed by atoms with E-state index in [1.807, 2.05) is 0 Å². The second-order valence-electron chi connectivity index (χ2n) is 6.40. The van der Waals surface area contributed by atoms with Crippen molar-refractivity contribution in [1.82, 2.24) is 15.2 Å². The summed E-state index contributed by atoms with van der Waals surface area (Å²) < 4.78 is 11.0. The maximum Gasteiger partial charge on any atom is 0.220 e. The molecule has 1 saturated heterocycles. The Morgan fingerprint density at radius 1 is 1.26 bits per heavy atom. The molecule has 0 radical (unpaired) electrons. The van der Waals surface area contributed by atoms with Crippen LogP contribution in [-0.4, -0.2) is 55.2 Å². The van der Waals surface area contributed by atoms with Gasteiger partial charge in [-0.25, -0.2) is 4.98 Å². The molecule has 1 amide bonds. The van der Waals surface area contributed by atoms with Gasteiger partial charge in [0.1, 0.15) is 0 Å².